The highest BCUT2D eigenvalue weighted by Gasteiger charge is 2.31. The molecule has 24 heavy (non-hydrogen) atoms. The number of benzene rings is 2. The van der Waals surface area contributed by atoms with Crippen molar-refractivity contribution < 1.29 is 17.9 Å². The molecule has 0 amide bonds. The van der Waals surface area contributed by atoms with E-state index in [4.69, 9.17) is 0 Å². The molecule has 1 heterocycles. The van der Waals surface area contributed by atoms with Gasteiger partial charge in [0, 0.05) is 5.75 Å². The number of nitrogens with zero attached hydrogens (tertiary/aromatic N) is 4. The second-order valence-corrected chi connectivity index (χ2v) is 5.63. The van der Waals surface area contributed by atoms with E-state index in [9.17, 15) is 13.2 Å². The molecule has 0 fully saturated rings. The lowest BCUT2D eigenvalue weighted by Gasteiger charge is -2.09. The first kappa shape index (κ1) is 16.3. The molecule has 0 aliphatic carbocycles. The van der Waals surface area contributed by atoms with Gasteiger partial charge in [-0.3, -0.25) is 0 Å². The van der Waals surface area contributed by atoms with Gasteiger partial charge in [0.1, 0.15) is 5.75 Å². The standard InChI is InChI=1S/C15H11F3N4OS/c16-15(17,18)23-13-8-6-12(7-9-13)22-14(19-20-21-22)24-10-11-4-2-1-3-5-11/h1-9H,10H2. The van der Waals surface area contributed by atoms with Gasteiger partial charge in [0.2, 0.25) is 5.16 Å². The summed E-state index contributed by atoms with van der Waals surface area (Å²) >= 11 is 1.43. The Morgan fingerprint density at radius 3 is 2.38 bits per heavy atom. The van der Waals surface area contributed by atoms with Crippen LogP contribution >= 0.6 is 11.8 Å². The van der Waals surface area contributed by atoms with Crippen LogP contribution in [0.5, 0.6) is 5.75 Å². The molecule has 3 aromatic rings. The van der Waals surface area contributed by atoms with Crippen LogP contribution in [0.15, 0.2) is 59.8 Å². The Hall–Kier alpha value is -2.55. The van der Waals surface area contributed by atoms with Gasteiger partial charge in [-0.1, -0.05) is 42.1 Å². The van der Waals surface area contributed by atoms with Gasteiger partial charge in [-0.15, -0.1) is 18.3 Å². The number of alkyl halides is 3. The highest BCUT2D eigenvalue weighted by atomic mass is 32.2. The number of aromatic nitrogens is 4. The Balaban J connectivity index is 1.72. The Morgan fingerprint density at radius 1 is 1.00 bits per heavy atom. The Kier molecular flexibility index (Phi) is 4.70. The molecule has 0 atom stereocenters. The molecule has 3 rings (SSSR count). The highest BCUT2D eigenvalue weighted by Crippen LogP contribution is 2.26. The summed E-state index contributed by atoms with van der Waals surface area (Å²) < 4.78 is 41.8. The predicted molar refractivity (Wildman–Crippen MR) is 81.8 cm³/mol. The van der Waals surface area contributed by atoms with Crippen LogP contribution in [0.3, 0.4) is 0 Å². The van der Waals surface area contributed by atoms with Crippen LogP contribution in [0.2, 0.25) is 0 Å². The molecule has 9 heteroatoms. The van der Waals surface area contributed by atoms with Crippen LogP contribution in [-0.4, -0.2) is 26.6 Å². The SMILES string of the molecule is FC(F)(F)Oc1ccc(-n2nnnc2SCc2ccccc2)cc1. The van der Waals surface area contributed by atoms with Gasteiger partial charge < -0.3 is 4.74 Å². The molecule has 0 spiro atoms. The fourth-order valence-electron chi connectivity index (χ4n) is 1.94. The molecule has 0 aliphatic rings. The van der Waals surface area contributed by atoms with E-state index < -0.39 is 6.36 Å². The molecule has 124 valence electrons. The smallest absolute Gasteiger partial charge is 0.406 e. The fraction of sp³-hybridized carbons (Fsp3) is 0.133. The lowest BCUT2D eigenvalue weighted by Crippen LogP contribution is -2.17. The third-order valence-electron chi connectivity index (χ3n) is 2.97. The van der Waals surface area contributed by atoms with Crippen LogP contribution in [0.25, 0.3) is 5.69 Å². The van der Waals surface area contributed by atoms with Crippen molar-refractivity contribution in [3.05, 3.63) is 60.2 Å². The summed E-state index contributed by atoms with van der Waals surface area (Å²) in [6.07, 6.45) is -4.72. The van der Waals surface area contributed by atoms with E-state index in [1.54, 1.807) is 0 Å². The average Bonchev–Trinajstić information content (AvgIpc) is 3.02. The summed E-state index contributed by atoms with van der Waals surface area (Å²) in [5, 5.41) is 12.0. The third kappa shape index (κ3) is 4.25. The van der Waals surface area contributed by atoms with E-state index in [0.717, 1.165) is 5.56 Å². The second-order valence-electron chi connectivity index (χ2n) is 4.69. The normalized spacial score (nSPS) is 11.5. The number of hydrogen-bond acceptors (Lipinski definition) is 5. The van der Waals surface area contributed by atoms with Crippen molar-refractivity contribution in [1.82, 2.24) is 20.2 Å². The highest BCUT2D eigenvalue weighted by molar-refractivity contribution is 7.98. The second kappa shape index (κ2) is 6.91. The van der Waals surface area contributed by atoms with Gasteiger partial charge in [0.05, 0.1) is 5.69 Å². The molecular formula is C15H11F3N4OS. The lowest BCUT2D eigenvalue weighted by atomic mass is 10.2. The van der Waals surface area contributed by atoms with Gasteiger partial charge in [-0.2, -0.15) is 4.68 Å². The zero-order valence-corrected chi connectivity index (χ0v) is 13.0. The topological polar surface area (TPSA) is 52.8 Å². The number of halogens is 3. The summed E-state index contributed by atoms with van der Waals surface area (Å²) in [5.41, 5.74) is 1.66. The number of rotatable bonds is 5. The molecule has 0 bridgehead atoms. The quantitative estimate of drug-likeness (QED) is 0.653. The fourth-order valence-corrected chi connectivity index (χ4v) is 2.79. The third-order valence-corrected chi connectivity index (χ3v) is 3.96. The van der Waals surface area contributed by atoms with Crippen LogP contribution in [0.4, 0.5) is 13.2 Å². The first-order valence-corrected chi connectivity index (χ1v) is 7.81. The molecule has 1 aromatic heterocycles. The van der Waals surface area contributed by atoms with Crippen molar-refractivity contribution in [2.75, 3.05) is 0 Å². The van der Waals surface area contributed by atoms with E-state index in [1.165, 1.54) is 40.7 Å². The molecular weight excluding hydrogens is 341 g/mol. The number of tetrazole rings is 1. The Labute approximate surface area is 139 Å². The van der Waals surface area contributed by atoms with Gasteiger partial charge in [0.25, 0.3) is 0 Å². The molecule has 0 N–H and O–H groups in total. The van der Waals surface area contributed by atoms with Crippen molar-refractivity contribution in [3.63, 3.8) is 0 Å². The maximum atomic E-state index is 12.2. The number of ether oxygens (including phenoxy) is 1. The monoisotopic (exact) mass is 352 g/mol. The lowest BCUT2D eigenvalue weighted by molar-refractivity contribution is -0.274. The summed E-state index contributed by atoms with van der Waals surface area (Å²) in [7, 11) is 0. The van der Waals surface area contributed by atoms with Crippen molar-refractivity contribution in [2.45, 2.75) is 17.3 Å². The zero-order valence-electron chi connectivity index (χ0n) is 12.1. The zero-order chi connectivity index (χ0) is 17.0. The van der Waals surface area contributed by atoms with Crippen molar-refractivity contribution in [2.24, 2.45) is 0 Å². The average molecular weight is 352 g/mol. The molecule has 2 aromatic carbocycles. The summed E-state index contributed by atoms with van der Waals surface area (Å²) in [4.78, 5) is 0. The van der Waals surface area contributed by atoms with Crippen molar-refractivity contribution in [3.8, 4) is 11.4 Å². The predicted octanol–water partition coefficient (Wildman–Crippen LogP) is 3.85. The molecule has 0 saturated heterocycles. The van der Waals surface area contributed by atoms with Crippen LogP contribution in [-0.2, 0) is 5.75 Å². The first-order chi connectivity index (χ1) is 11.5. The number of thioether (sulfide) groups is 1. The van der Waals surface area contributed by atoms with E-state index in [2.05, 4.69) is 20.3 Å². The maximum absolute atomic E-state index is 12.2. The van der Waals surface area contributed by atoms with Crippen LogP contribution in [0, 0.1) is 0 Å². The molecule has 0 radical (unpaired) electrons. The Morgan fingerprint density at radius 2 is 1.71 bits per heavy atom. The van der Waals surface area contributed by atoms with Gasteiger partial charge in [0.15, 0.2) is 0 Å². The minimum absolute atomic E-state index is 0.294. The molecule has 0 aliphatic heterocycles. The van der Waals surface area contributed by atoms with Gasteiger partial charge in [-0.05, 0) is 40.3 Å². The van der Waals surface area contributed by atoms with Crippen molar-refractivity contribution >= 4 is 11.8 Å². The summed E-state index contributed by atoms with van der Waals surface area (Å²) in [6, 6.07) is 15.2. The van der Waals surface area contributed by atoms with E-state index in [0.29, 0.717) is 16.6 Å². The van der Waals surface area contributed by atoms with Crippen LogP contribution < -0.4 is 4.74 Å². The molecule has 0 saturated carbocycles. The van der Waals surface area contributed by atoms with Crippen LogP contribution in [0.1, 0.15) is 5.56 Å². The van der Waals surface area contributed by atoms with Crippen molar-refractivity contribution in [1.29, 1.82) is 0 Å². The maximum Gasteiger partial charge on any atom is 0.573 e. The summed E-state index contributed by atoms with van der Waals surface area (Å²) in [5.74, 6) is 0.383. The van der Waals surface area contributed by atoms with E-state index in [-0.39, 0.29) is 5.75 Å². The Bertz CT molecular complexity index is 790. The number of hydrogen-bond donors (Lipinski definition) is 0. The molecule has 0 unspecified atom stereocenters. The minimum Gasteiger partial charge on any atom is -0.406 e. The minimum atomic E-state index is -4.72. The van der Waals surface area contributed by atoms with E-state index >= 15 is 0 Å². The van der Waals surface area contributed by atoms with Gasteiger partial charge in [-0.25, -0.2) is 0 Å². The largest absolute Gasteiger partial charge is 0.573 e. The van der Waals surface area contributed by atoms with E-state index in [1.807, 2.05) is 30.3 Å². The molecule has 5 nitrogen and oxygen atoms in total. The first-order valence-electron chi connectivity index (χ1n) is 6.82. The summed E-state index contributed by atoms with van der Waals surface area (Å²) in [6.45, 7) is 0. The van der Waals surface area contributed by atoms with Gasteiger partial charge >= 0.3 is 6.36 Å².